The van der Waals surface area contributed by atoms with Crippen LogP contribution in [0.5, 0.6) is 0 Å². The average molecular weight is 180 g/mol. The lowest BCUT2D eigenvalue weighted by Gasteiger charge is -2.12. The van der Waals surface area contributed by atoms with Crippen LogP contribution in [-0.4, -0.2) is 10.5 Å². The topological polar surface area (TPSA) is 65.1 Å². The number of primary amides is 1. The van der Waals surface area contributed by atoms with Gasteiger partial charge in [-0.2, -0.15) is 0 Å². The van der Waals surface area contributed by atoms with Crippen molar-refractivity contribution in [2.75, 3.05) is 0 Å². The van der Waals surface area contributed by atoms with E-state index in [1.165, 1.54) is 16.7 Å². The van der Waals surface area contributed by atoms with Crippen molar-refractivity contribution in [1.82, 2.24) is 4.57 Å². The van der Waals surface area contributed by atoms with Crippen LogP contribution in [0.2, 0.25) is 0 Å². The van der Waals surface area contributed by atoms with Crippen molar-refractivity contribution in [3.63, 3.8) is 0 Å². The predicted molar refractivity (Wildman–Crippen MR) is 49.6 cm³/mol. The standard InChI is InChI=1S/C9H12N2O2/c1-6(2)11-7(9(10)13)4-3-5-8(11)12/h3-6H,1-2H3,(H2,10,13). The van der Waals surface area contributed by atoms with Gasteiger partial charge in [-0.1, -0.05) is 6.07 Å². The predicted octanol–water partition coefficient (Wildman–Crippen LogP) is 0.528. The van der Waals surface area contributed by atoms with Crippen LogP contribution in [-0.2, 0) is 0 Å². The molecule has 0 saturated heterocycles. The number of aromatic nitrogens is 1. The normalized spacial score (nSPS) is 10.4. The minimum atomic E-state index is -0.577. The Bertz CT molecular complexity index is 379. The Morgan fingerprint density at radius 1 is 1.46 bits per heavy atom. The molecule has 70 valence electrons. The third-order valence-electron chi connectivity index (χ3n) is 1.76. The number of carbonyl (C=O) groups excluding carboxylic acids is 1. The number of carbonyl (C=O) groups is 1. The molecule has 0 aliphatic heterocycles. The zero-order chi connectivity index (χ0) is 10.0. The molecule has 2 N–H and O–H groups in total. The van der Waals surface area contributed by atoms with Crippen molar-refractivity contribution in [1.29, 1.82) is 0 Å². The Morgan fingerprint density at radius 2 is 2.08 bits per heavy atom. The highest BCUT2D eigenvalue weighted by Gasteiger charge is 2.10. The van der Waals surface area contributed by atoms with E-state index >= 15 is 0 Å². The van der Waals surface area contributed by atoms with Crippen LogP contribution in [0, 0.1) is 0 Å². The number of nitrogens with two attached hydrogens (primary N) is 1. The van der Waals surface area contributed by atoms with E-state index in [9.17, 15) is 9.59 Å². The number of hydrogen-bond donors (Lipinski definition) is 1. The van der Waals surface area contributed by atoms with Crippen molar-refractivity contribution < 1.29 is 4.79 Å². The second-order valence-corrected chi connectivity index (χ2v) is 3.08. The van der Waals surface area contributed by atoms with Gasteiger partial charge in [0.05, 0.1) is 0 Å². The van der Waals surface area contributed by atoms with Crippen molar-refractivity contribution in [2.45, 2.75) is 19.9 Å². The van der Waals surface area contributed by atoms with Gasteiger partial charge < -0.3 is 10.3 Å². The summed E-state index contributed by atoms with van der Waals surface area (Å²) in [6.45, 7) is 3.65. The number of nitrogens with zero attached hydrogens (tertiary/aromatic N) is 1. The van der Waals surface area contributed by atoms with E-state index < -0.39 is 5.91 Å². The minimum absolute atomic E-state index is 0.0591. The fraction of sp³-hybridized carbons (Fsp3) is 0.333. The molecule has 1 amide bonds. The van der Waals surface area contributed by atoms with Gasteiger partial charge in [-0.25, -0.2) is 0 Å². The lowest BCUT2D eigenvalue weighted by molar-refractivity contribution is 0.0988. The van der Waals surface area contributed by atoms with Crippen molar-refractivity contribution >= 4 is 5.91 Å². The second-order valence-electron chi connectivity index (χ2n) is 3.08. The second kappa shape index (κ2) is 3.43. The van der Waals surface area contributed by atoms with Gasteiger partial charge in [-0.3, -0.25) is 9.59 Å². The van der Waals surface area contributed by atoms with Crippen LogP contribution in [0.4, 0.5) is 0 Å². The third-order valence-corrected chi connectivity index (χ3v) is 1.76. The molecule has 0 spiro atoms. The Labute approximate surface area is 76.0 Å². The van der Waals surface area contributed by atoms with Gasteiger partial charge in [0.1, 0.15) is 5.69 Å². The van der Waals surface area contributed by atoms with Crippen molar-refractivity contribution in [3.05, 3.63) is 34.2 Å². The Balaban J connectivity index is 3.43. The summed E-state index contributed by atoms with van der Waals surface area (Å²) in [4.78, 5) is 22.3. The molecule has 1 heterocycles. The number of pyridine rings is 1. The molecule has 0 unspecified atom stereocenters. The molecule has 0 atom stereocenters. The van der Waals surface area contributed by atoms with Crippen LogP contribution in [0.15, 0.2) is 23.0 Å². The first-order chi connectivity index (χ1) is 6.04. The lowest BCUT2D eigenvalue weighted by atomic mass is 10.2. The summed E-state index contributed by atoms with van der Waals surface area (Å²) in [5, 5.41) is 0. The van der Waals surface area contributed by atoms with Gasteiger partial charge in [0.2, 0.25) is 0 Å². The van der Waals surface area contributed by atoms with E-state index in [2.05, 4.69) is 0 Å². The highest BCUT2D eigenvalue weighted by molar-refractivity contribution is 5.91. The molecule has 4 nitrogen and oxygen atoms in total. The SMILES string of the molecule is CC(C)n1c(C(N)=O)cccc1=O. The molecular weight excluding hydrogens is 168 g/mol. The first-order valence-corrected chi connectivity index (χ1v) is 4.05. The van der Waals surface area contributed by atoms with Crippen LogP contribution in [0.3, 0.4) is 0 Å². The van der Waals surface area contributed by atoms with Gasteiger partial charge in [0, 0.05) is 12.1 Å². The fourth-order valence-electron chi connectivity index (χ4n) is 1.23. The number of hydrogen-bond acceptors (Lipinski definition) is 2. The summed E-state index contributed by atoms with van der Waals surface area (Å²) in [6, 6.07) is 4.42. The van der Waals surface area contributed by atoms with Gasteiger partial charge in [0.15, 0.2) is 0 Å². The van der Waals surface area contributed by atoms with E-state index in [1.54, 1.807) is 6.07 Å². The lowest BCUT2D eigenvalue weighted by Crippen LogP contribution is -2.29. The maximum atomic E-state index is 11.3. The molecule has 1 aromatic rings. The Morgan fingerprint density at radius 3 is 2.46 bits per heavy atom. The van der Waals surface area contributed by atoms with Gasteiger partial charge in [-0.15, -0.1) is 0 Å². The molecule has 1 aromatic heterocycles. The molecule has 1 rings (SSSR count). The summed E-state index contributed by atoms with van der Waals surface area (Å²) in [7, 11) is 0. The Hall–Kier alpha value is -1.58. The highest BCUT2D eigenvalue weighted by Crippen LogP contribution is 2.04. The quantitative estimate of drug-likeness (QED) is 0.721. The summed E-state index contributed by atoms with van der Waals surface area (Å²) in [6.07, 6.45) is 0. The largest absolute Gasteiger partial charge is 0.364 e. The zero-order valence-electron chi connectivity index (χ0n) is 7.65. The maximum Gasteiger partial charge on any atom is 0.265 e. The van der Waals surface area contributed by atoms with Crippen LogP contribution in [0.1, 0.15) is 30.4 Å². The smallest absolute Gasteiger partial charge is 0.265 e. The highest BCUT2D eigenvalue weighted by atomic mass is 16.2. The molecule has 13 heavy (non-hydrogen) atoms. The first-order valence-electron chi connectivity index (χ1n) is 4.05. The molecule has 0 bridgehead atoms. The van der Waals surface area contributed by atoms with Crippen LogP contribution in [0.25, 0.3) is 0 Å². The molecule has 0 saturated carbocycles. The van der Waals surface area contributed by atoms with Crippen molar-refractivity contribution in [3.8, 4) is 0 Å². The number of amides is 1. The summed E-state index contributed by atoms with van der Waals surface area (Å²) in [5.74, 6) is -0.577. The van der Waals surface area contributed by atoms with Gasteiger partial charge in [0.25, 0.3) is 11.5 Å². The van der Waals surface area contributed by atoms with E-state index in [-0.39, 0.29) is 17.3 Å². The molecular formula is C9H12N2O2. The molecule has 0 aliphatic rings. The molecule has 4 heteroatoms. The van der Waals surface area contributed by atoms with Crippen LogP contribution < -0.4 is 11.3 Å². The number of rotatable bonds is 2. The first kappa shape index (κ1) is 9.51. The van der Waals surface area contributed by atoms with E-state index in [4.69, 9.17) is 5.73 Å². The molecule has 0 aromatic carbocycles. The van der Waals surface area contributed by atoms with E-state index in [1.807, 2.05) is 13.8 Å². The third kappa shape index (κ3) is 1.77. The average Bonchev–Trinajstić information content (AvgIpc) is 2.02. The van der Waals surface area contributed by atoms with Gasteiger partial charge in [-0.05, 0) is 19.9 Å². The zero-order valence-corrected chi connectivity index (χ0v) is 7.65. The summed E-state index contributed by atoms with van der Waals surface area (Å²) < 4.78 is 1.38. The summed E-state index contributed by atoms with van der Waals surface area (Å²) in [5.41, 5.74) is 5.17. The van der Waals surface area contributed by atoms with Crippen molar-refractivity contribution in [2.24, 2.45) is 5.73 Å². The minimum Gasteiger partial charge on any atom is -0.364 e. The monoisotopic (exact) mass is 180 g/mol. The molecule has 0 aliphatic carbocycles. The van der Waals surface area contributed by atoms with E-state index in [0.29, 0.717) is 0 Å². The fourth-order valence-corrected chi connectivity index (χ4v) is 1.23. The maximum absolute atomic E-state index is 11.3. The van der Waals surface area contributed by atoms with Gasteiger partial charge >= 0.3 is 0 Å². The van der Waals surface area contributed by atoms with E-state index in [0.717, 1.165) is 0 Å². The Kier molecular flexibility index (Phi) is 2.51. The molecule has 0 radical (unpaired) electrons. The molecule has 0 fully saturated rings. The summed E-state index contributed by atoms with van der Waals surface area (Å²) >= 11 is 0. The van der Waals surface area contributed by atoms with Crippen LogP contribution >= 0.6 is 0 Å².